The van der Waals surface area contributed by atoms with Crippen LogP contribution in [0, 0.1) is 5.92 Å². The summed E-state index contributed by atoms with van der Waals surface area (Å²) in [5, 5.41) is 17.9. The van der Waals surface area contributed by atoms with Gasteiger partial charge in [-0.05, 0) is 6.42 Å². The van der Waals surface area contributed by atoms with Gasteiger partial charge in [0.15, 0.2) is 0 Å². The van der Waals surface area contributed by atoms with Crippen molar-refractivity contribution in [2.75, 3.05) is 26.3 Å². The molecule has 88 valence electrons. The van der Waals surface area contributed by atoms with Gasteiger partial charge in [0.2, 0.25) is 0 Å². The molecular weight excluding hydrogens is 198 g/mol. The van der Waals surface area contributed by atoms with E-state index in [1.54, 1.807) is 4.90 Å². The summed E-state index contributed by atoms with van der Waals surface area (Å²) in [7, 11) is 0. The molecule has 5 heteroatoms. The molecule has 1 rings (SSSR count). The zero-order chi connectivity index (χ0) is 11.3. The van der Waals surface area contributed by atoms with Gasteiger partial charge >= 0.3 is 6.09 Å². The molecule has 1 unspecified atom stereocenters. The van der Waals surface area contributed by atoms with Gasteiger partial charge in [0.05, 0.1) is 19.3 Å². The molecule has 0 aromatic heterocycles. The zero-order valence-electron chi connectivity index (χ0n) is 9.06. The van der Waals surface area contributed by atoms with Crippen LogP contribution < -0.4 is 0 Å². The molecule has 1 atom stereocenters. The normalized spacial score (nSPS) is 18.5. The summed E-state index contributed by atoms with van der Waals surface area (Å²) in [6.07, 6.45) is 0.844. The van der Waals surface area contributed by atoms with E-state index >= 15 is 0 Å². The SMILES string of the molecule is CCCCOC(=O)N1CC(C(O)CO)C1. The second kappa shape index (κ2) is 5.92. The molecule has 1 fully saturated rings. The topological polar surface area (TPSA) is 70.0 Å². The number of ether oxygens (including phenoxy) is 1. The minimum atomic E-state index is -0.718. The van der Waals surface area contributed by atoms with Gasteiger partial charge in [-0.15, -0.1) is 0 Å². The van der Waals surface area contributed by atoms with Gasteiger partial charge in [-0.3, -0.25) is 0 Å². The van der Waals surface area contributed by atoms with Crippen LogP contribution in [-0.2, 0) is 4.74 Å². The summed E-state index contributed by atoms with van der Waals surface area (Å²) < 4.78 is 4.99. The van der Waals surface area contributed by atoms with E-state index in [-0.39, 0.29) is 18.6 Å². The van der Waals surface area contributed by atoms with Crippen LogP contribution in [0.3, 0.4) is 0 Å². The average Bonchev–Trinajstić information content (AvgIpc) is 2.15. The highest BCUT2D eigenvalue weighted by atomic mass is 16.6. The number of carbonyl (C=O) groups is 1. The van der Waals surface area contributed by atoms with Crippen molar-refractivity contribution < 1.29 is 19.7 Å². The first-order valence-corrected chi connectivity index (χ1v) is 5.39. The third-order valence-corrected chi connectivity index (χ3v) is 2.62. The lowest BCUT2D eigenvalue weighted by molar-refractivity contribution is -0.0283. The van der Waals surface area contributed by atoms with Crippen LogP contribution in [0.2, 0.25) is 0 Å². The Morgan fingerprint density at radius 1 is 1.60 bits per heavy atom. The minimum absolute atomic E-state index is 0.00581. The molecular formula is C10H19NO4. The monoisotopic (exact) mass is 217 g/mol. The summed E-state index contributed by atoms with van der Waals surface area (Å²) >= 11 is 0. The number of hydrogen-bond acceptors (Lipinski definition) is 4. The third kappa shape index (κ3) is 3.35. The second-order valence-corrected chi connectivity index (χ2v) is 3.88. The fourth-order valence-corrected chi connectivity index (χ4v) is 1.45. The second-order valence-electron chi connectivity index (χ2n) is 3.88. The standard InChI is InChI=1S/C10H19NO4/c1-2-3-4-15-10(14)11-5-8(6-11)9(13)7-12/h8-9,12-13H,2-7H2,1H3. The Morgan fingerprint density at radius 3 is 2.80 bits per heavy atom. The molecule has 2 N–H and O–H groups in total. The number of nitrogens with zero attached hydrogens (tertiary/aromatic N) is 1. The first kappa shape index (κ1) is 12.3. The highest BCUT2D eigenvalue weighted by Crippen LogP contribution is 2.19. The van der Waals surface area contributed by atoms with Gasteiger partial charge in [-0.1, -0.05) is 13.3 Å². The van der Waals surface area contributed by atoms with Crippen molar-refractivity contribution in [3.05, 3.63) is 0 Å². The van der Waals surface area contributed by atoms with E-state index in [1.165, 1.54) is 0 Å². The number of amides is 1. The van der Waals surface area contributed by atoms with Crippen LogP contribution in [0.1, 0.15) is 19.8 Å². The Hall–Kier alpha value is -0.810. The molecule has 0 aromatic carbocycles. The summed E-state index contributed by atoms with van der Waals surface area (Å²) in [6, 6.07) is 0. The van der Waals surface area contributed by atoms with Gasteiger partial charge in [0.1, 0.15) is 0 Å². The molecule has 0 spiro atoms. The molecule has 5 nitrogen and oxygen atoms in total. The molecule has 1 aliphatic rings. The smallest absolute Gasteiger partial charge is 0.409 e. The predicted octanol–water partition coefficient (Wildman–Crippen LogP) is 0.208. The van der Waals surface area contributed by atoms with Crippen molar-refractivity contribution in [2.45, 2.75) is 25.9 Å². The molecule has 0 aromatic rings. The Labute approximate surface area is 89.6 Å². The molecule has 0 radical (unpaired) electrons. The fraction of sp³-hybridized carbons (Fsp3) is 0.900. The Kier molecular flexibility index (Phi) is 4.84. The zero-order valence-corrected chi connectivity index (χ0v) is 9.06. The lowest BCUT2D eigenvalue weighted by Gasteiger charge is -2.40. The van der Waals surface area contributed by atoms with E-state index in [0.29, 0.717) is 19.7 Å². The van der Waals surface area contributed by atoms with Crippen molar-refractivity contribution in [3.63, 3.8) is 0 Å². The molecule has 1 saturated heterocycles. The Morgan fingerprint density at radius 2 is 2.27 bits per heavy atom. The van der Waals surface area contributed by atoms with E-state index in [0.717, 1.165) is 12.8 Å². The van der Waals surface area contributed by atoms with Gasteiger partial charge in [0.25, 0.3) is 0 Å². The first-order valence-electron chi connectivity index (χ1n) is 5.39. The van der Waals surface area contributed by atoms with E-state index in [2.05, 4.69) is 0 Å². The van der Waals surface area contributed by atoms with E-state index in [4.69, 9.17) is 9.84 Å². The van der Waals surface area contributed by atoms with Crippen molar-refractivity contribution in [1.82, 2.24) is 4.90 Å². The number of likely N-dealkylation sites (tertiary alicyclic amines) is 1. The van der Waals surface area contributed by atoms with E-state index in [9.17, 15) is 9.90 Å². The van der Waals surface area contributed by atoms with E-state index < -0.39 is 6.10 Å². The van der Waals surface area contributed by atoms with Crippen molar-refractivity contribution in [3.8, 4) is 0 Å². The fourth-order valence-electron chi connectivity index (χ4n) is 1.45. The summed E-state index contributed by atoms with van der Waals surface area (Å²) in [6.45, 7) is 3.20. The van der Waals surface area contributed by atoms with Crippen LogP contribution in [0.25, 0.3) is 0 Å². The van der Waals surface area contributed by atoms with Gasteiger partial charge in [0, 0.05) is 19.0 Å². The maximum Gasteiger partial charge on any atom is 0.409 e. The molecule has 0 bridgehead atoms. The molecule has 0 aliphatic carbocycles. The van der Waals surface area contributed by atoms with Crippen molar-refractivity contribution in [1.29, 1.82) is 0 Å². The quantitative estimate of drug-likeness (QED) is 0.646. The number of unbranched alkanes of at least 4 members (excludes halogenated alkanes) is 1. The third-order valence-electron chi connectivity index (χ3n) is 2.62. The molecule has 1 aliphatic heterocycles. The number of hydrogen-bond donors (Lipinski definition) is 2. The molecule has 1 amide bonds. The highest BCUT2D eigenvalue weighted by Gasteiger charge is 2.35. The number of carbonyl (C=O) groups excluding carboxylic acids is 1. The summed E-state index contributed by atoms with van der Waals surface area (Å²) in [5.74, 6) is -0.00581. The largest absolute Gasteiger partial charge is 0.449 e. The maximum absolute atomic E-state index is 11.3. The van der Waals surface area contributed by atoms with Crippen LogP contribution in [0.5, 0.6) is 0 Å². The van der Waals surface area contributed by atoms with Crippen LogP contribution in [0.15, 0.2) is 0 Å². The molecule has 15 heavy (non-hydrogen) atoms. The average molecular weight is 217 g/mol. The lowest BCUT2D eigenvalue weighted by Crippen LogP contribution is -2.55. The van der Waals surface area contributed by atoms with Crippen molar-refractivity contribution >= 4 is 6.09 Å². The van der Waals surface area contributed by atoms with Gasteiger partial charge in [-0.2, -0.15) is 0 Å². The number of aliphatic hydroxyl groups is 2. The van der Waals surface area contributed by atoms with E-state index in [1.807, 2.05) is 6.92 Å². The number of aliphatic hydroxyl groups excluding tert-OH is 2. The minimum Gasteiger partial charge on any atom is -0.449 e. The van der Waals surface area contributed by atoms with Crippen LogP contribution in [0.4, 0.5) is 4.79 Å². The summed E-state index contributed by atoms with van der Waals surface area (Å²) in [4.78, 5) is 12.9. The van der Waals surface area contributed by atoms with Gasteiger partial charge in [-0.25, -0.2) is 4.79 Å². The highest BCUT2D eigenvalue weighted by molar-refractivity contribution is 5.68. The Balaban J connectivity index is 2.12. The first-order chi connectivity index (χ1) is 7.19. The Bertz CT molecular complexity index is 204. The number of rotatable bonds is 5. The maximum atomic E-state index is 11.3. The van der Waals surface area contributed by atoms with Crippen LogP contribution >= 0.6 is 0 Å². The molecule has 1 heterocycles. The van der Waals surface area contributed by atoms with Crippen LogP contribution in [-0.4, -0.2) is 53.6 Å². The lowest BCUT2D eigenvalue weighted by atomic mass is 9.95. The van der Waals surface area contributed by atoms with Crippen molar-refractivity contribution in [2.24, 2.45) is 5.92 Å². The predicted molar refractivity (Wildman–Crippen MR) is 54.4 cm³/mol. The summed E-state index contributed by atoms with van der Waals surface area (Å²) in [5.41, 5.74) is 0. The molecule has 0 saturated carbocycles. The van der Waals surface area contributed by atoms with Gasteiger partial charge < -0.3 is 19.8 Å².